The summed E-state index contributed by atoms with van der Waals surface area (Å²) in [4.78, 5) is 51.9. The number of carbonyl (C=O) groups is 4. The summed E-state index contributed by atoms with van der Waals surface area (Å²) in [5.74, 6) is -3.13. The Labute approximate surface area is 174 Å². The molecule has 4 rings (SSSR count). The molecule has 30 heavy (non-hydrogen) atoms. The van der Waals surface area contributed by atoms with Gasteiger partial charge in [0.1, 0.15) is 0 Å². The molecule has 1 aliphatic carbocycles. The van der Waals surface area contributed by atoms with Gasteiger partial charge in [0, 0.05) is 0 Å². The SMILES string of the molecule is COC(=O)[C@@H]1CCCC1C(=O)N(Cc1ccccc1)N1C(=O)c2ccccc2C1=O. The fraction of sp³-hybridized carbons (Fsp3) is 0.304. The highest BCUT2D eigenvalue weighted by Gasteiger charge is 2.46. The molecular weight excluding hydrogens is 384 g/mol. The van der Waals surface area contributed by atoms with Gasteiger partial charge in [-0.25, -0.2) is 5.01 Å². The first-order valence-corrected chi connectivity index (χ1v) is 9.93. The summed E-state index contributed by atoms with van der Waals surface area (Å²) < 4.78 is 4.87. The lowest BCUT2D eigenvalue weighted by Gasteiger charge is -2.33. The van der Waals surface area contributed by atoms with E-state index in [0.29, 0.717) is 19.3 Å². The Kier molecular flexibility index (Phi) is 5.35. The van der Waals surface area contributed by atoms with E-state index < -0.39 is 35.5 Å². The van der Waals surface area contributed by atoms with Crippen molar-refractivity contribution in [1.29, 1.82) is 0 Å². The summed E-state index contributed by atoms with van der Waals surface area (Å²) in [6.45, 7) is 0.0511. The fourth-order valence-corrected chi connectivity index (χ4v) is 4.28. The molecule has 2 aromatic rings. The molecule has 3 amide bonds. The van der Waals surface area contributed by atoms with E-state index in [1.165, 1.54) is 12.1 Å². The second kappa shape index (κ2) is 8.10. The van der Waals surface area contributed by atoms with E-state index in [0.717, 1.165) is 10.6 Å². The Balaban J connectivity index is 1.71. The molecule has 1 saturated carbocycles. The van der Waals surface area contributed by atoms with Crippen LogP contribution < -0.4 is 0 Å². The highest BCUT2D eigenvalue weighted by molar-refractivity contribution is 6.21. The van der Waals surface area contributed by atoms with E-state index in [1.807, 2.05) is 30.3 Å². The van der Waals surface area contributed by atoms with E-state index in [4.69, 9.17) is 4.74 Å². The van der Waals surface area contributed by atoms with Crippen molar-refractivity contribution in [3.05, 3.63) is 71.3 Å². The number of methoxy groups -OCH3 is 1. The third kappa shape index (κ3) is 3.36. The number of carbonyl (C=O) groups excluding carboxylic acids is 4. The second-order valence-electron chi connectivity index (χ2n) is 7.52. The average Bonchev–Trinajstić information content (AvgIpc) is 3.36. The molecule has 2 aromatic carbocycles. The fourth-order valence-electron chi connectivity index (χ4n) is 4.28. The van der Waals surface area contributed by atoms with E-state index in [2.05, 4.69) is 0 Å². The summed E-state index contributed by atoms with van der Waals surface area (Å²) in [6, 6.07) is 15.7. The maximum Gasteiger partial charge on any atom is 0.309 e. The van der Waals surface area contributed by atoms with Gasteiger partial charge in [0.25, 0.3) is 11.8 Å². The minimum atomic E-state index is -0.634. The minimum Gasteiger partial charge on any atom is -0.469 e. The molecule has 1 aliphatic heterocycles. The summed E-state index contributed by atoms with van der Waals surface area (Å²) in [5, 5.41) is 2.12. The summed E-state index contributed by atoms with van der Waals surface area (Å²) in [6.07, 6.45) is 1.76. The minimum absolute atomic E-state index is 0.0511. The van der Waals surface area contributed by atoms with Gasteiger partial charge in [-0.05, 0) is 30.5 Å². The number of esters is 1. The Morgan fingerprint density at radius 1 is 0.933 bits per heavy atom. The topological polar surface area (TPSA) is 84.0 Å². The van der Waals surface area contributed by atoms with Gasteiger partial charge >= 0.3 is 5.97 Å². The van der Waals surface area contributed by atoms with Crippen LogP contribution >= 0.6 is 0 Å². The molecular formula is C23H22N2O5. The average molecular weight is 406 g/mol. The normalized spacial score (nSPS) is 20.2. The lowest BCUT2D eigenvalue weighted by atomic mass is 9.95. The second-order valence-corrected chi connectivity index (χ2v) is 7.52. The van der Waals surface area contributed by atoms with Crippen LogP contribution in [-0.4, -0.2) is 40.8 Å². The number of fused-ring (bicyclic) bond motifs is 1. The Morgan fingerprint density at radius 2 is 1.50 bits per heavy atom. The molecule has 2 atom stereocenters. The highest BCUT2D eigenvalue weighted by Crippen LogP contribution is 2.36. The molecule has 2 aliphatic rings. The van der Waals surface area contributed by atoms with Crippen LogP contribution in [0.25, 0.3) is 0 Å². The number of hydrogen-bond donors (Lipinski definition) is 0. The van der Waals surface area contributed by atoms with E-state index in [1.54, 1.807) is 24.3 Å². The molecule has 0 radical (unpaired) electrons. The van der Waals surface area contributed by atoms with Crippen LogP contribution in [0.5, 0.6) is 0 Å². The number of rotatable bonds is 5. The number of nitrogens with zero attached hydrogens (tertiary/aromatic N) is 2. The number of hydrogen-bond acceptors (Lipinski definition) is 5. The van der Waals surface area contributed by atoms with Gasteiger partial charge in [-0.3, -0.25) is 19.2 Å². The molecule has 0 aromatic heterocycles. The first kappa shape index (κ1) is 19.8. The van der Waals surface area contributed by atoms with E-state index >= 15 is 0 Å². The molecule has 0 N–H and O–H groups in total. The molecule has 1 heterocycles. The molecule has 0 saturated heterocycles. The summed E-state index contributed by atoms with van der Waals surface area (Å²) in [7, 11) is 1.30. The Morgan fingerprint density at radius 3 is 2.10 bits per heavy atom. The number of hydrazine groups is 1. The quantitative estimate of drug-likeness (QED) is 0.563. The van der Waals surface area contributed by atoms with Crippen LogP contribution in [0.4, 0.5) is 0 Å². The van der Waals surface area contributed by atoms with Crippen molar-refractivity contribution in [1.82, 2.24) is 10.0 Å². The summed E-state index contributed by atoms with van der Waals surface area (Å²) in [5.41, 5.74) is 1.31. The van der Waals surface area contributed by atoms with Crippen LogP contribution in [-0.2, 0) is 20.9 Å². The lowest BCUT2D eigenvalue weighted by Crippen LogP contribution is -2.52. The lowest BCUT2D eigenvalue weighted by molar-refractivity contribution is -0.156. The van der Waals surface area contributed by atoms with Gasteiger partial charge in [-0.1, -0.05) is 48.9 Å². The van der Waals surface area contributed by atoms with Crippen molar-refractivity contribution in [2.75, 3.05) is 7.11 Å². The van der Waals surface area contributed by atoms with Crippen LogP contribution in [0.1, 0.15) is 45.5 Å². The third-order valence-electron chi connectivity index (χ3n) is 5.78. The van der Waals surface area contributed by atoms with E-state index in [-0.39, 0.29) is 17.7 Å². The predicted molar refractivity (Wildman–Crippen MR) is 107 cm³/mol. The number of ether oxygens (including phenoxy) is 1. The molecule has 1 fully saturated rings. The van der Waals surface area contributed by atoms with Crippen molar-refractivity contribution in [2.24, 2.45) is 11.8 Å². The predicted octanol–water partition coefficient (Wildman–Crippen LogP) is 2.82. The van der Waals surface area contributed by atoms with Gasteiger partial charge in [0.2, 0.25) is 5.91 Å². The van der Waals surface area contributed by atoms with Crippen LogP contribution in [0.15, 0.2) is 54.6 Å². The van der Waals surface area contributed by atoms with Crippen LogP contribution in [0, 0.1) is 11.8 Å². The van der Waals surface area contributed by atoms with Crippen molar-refractivity contribution >= 4 is 23.7 Å². The highest BCUT2D eigenvalue weighted by atomic mass is 16.5. The summed E-state index contributed by atoms with van der Waals surface area (Å²) >= 11 is 0. The van der Waals surface area contributed by atoms with Crippen molar-refractivity contribution < 1.29 is 23.9 Å². The third-order valence-corrected chi connectivity index (χ3v) is 5.78. The monoisotopic (exact) mass is 406 g/mol. The van der Waals surface area contributed by atoms with Gasteiger partial charge in [-0.15, -0.1) is 0 Å². The van der Waals surface area contributed by atoms with Gasteiger partial charge in [-0.2, -0.15) is 5.01 Å². The van der Waals surface area contributed by atoms with Crippen molar-refractivity contribution in [3.8, 4) is 0 Å². The first-order chi connectivity index (χ1) is 14.5. The number of imide groups is 1. The number of amides is 3. The van der Waals surface area contributed by atoms with Crippen molar-refractivity contribution in [3.63, 3.8) is 0 Å². The Hall–Kier alpha value is -3.48. The maximum absolute atomic E-state index is 13.6. The molecule has 0 bridgehead atoms. The largest absolute Gasteiger partial charge is 0.469 e. The Bertz CT molecular complexity index is 969. The smallest absolute Gasteiger partial charge is 0.309 e. The zero-order valence-corrected chi connectivity index (χ0v) is 16.6. The zero-order valence-electron chi connectivity index (χ0n) is 16.6. The van der Waals surface area contributed by atoms with Gasteiger partial charge in [0.15, 0.2) is 0 Å². The first-order valence-electron chi connectivity index (χ1n) is 9.93. The van der Waals surface area contributed by atoms with Crippen molar-refractivity contribution in [2.45, 2.75) is 25.8 Å². The molecule has 7 heteroatoms. The number of benzene rings is 2. The molecule has 0 spiro atoms. The standard InChI is InChI=1S/C23H22N2O5/c1-30-23(29)19-13-7-12-18(19)20(26)24(14-15-8-3-2-4-9-15)25-21(27)16-10-5-6-11-17(16)22(25)28/h2-6,8-11,18-19H,7,12-14H2,1H3/t18?,19-/m1/s1. The van der Waals surface area contributed by atoms with Crippen LogP contribution in [0.3, 0.4) is 0 Å². The van der Waals surface area contributed by atoms with Gasteiger partial charge < -0.3 is 4.74 Å². The van der Waals surface area contributed by atoms with Gasteiger partial charge in [0.05, 0.1) is 36.6 Å². The molecule has 1 unspecified atom stereocenters. The van der Waals surface area contributed by atoms with Crippen LogP contribution in [0.2, 0.25) is 0 Å². The maximum atomic E-state index is 13.6. The zero-order chi connectivity index (χ0) is 21.3. The molecule has 154 valence electrons. The van der Waals surface area contributed by atoms with E-state index in [9.17, 15) is 19.2 Å². The molecule has 7 nitrogen and oxygen atoms in total.